The van der Waals surface area contributed by atoms with Crippen LogP contribution in [0.4, 0.5) is 0 Å². The third kappa shape index (κ3) is 3.28. The van der Waals surface area contributed by atoms with E-state index >= 15 is 0 Å². The predicted molar refractivity (Wildman–Crippen MR) is 92.5 cm³/mol. The second-order valence-electron chi connectivity index (χ2n) is 6.71. The number of nitrogens with zero attached hydrogens (tertiary/aromatic N) is 1. The molecule has 0 fully saturated rings. The summed E-state index contributed by atoms with van der Waals surface area (Å²) >= 11 is 0. The van der Waals surface area contributed by atoms with Crippen molar-refractivity contribution < 1.29 is 14.3 Å². The molecule has 0 saturated heterocycles. The van der Waals surface area contributed by atoms with Crippen LogP contribution in [0.15, 0.2) is 30.3 Å². The molecular weight excluding hydrogens is 302 g/mol. The van der Waals surface area contributed by atoms with Gasteiger partial charge in [-0.1, -0.05) is 29.8 Å². The second-order valence-corrected chi connectivity index (χ2v) is 6.71. The van der Waals surface area contributed by atoms with Gasteiger partial charge in [0.1, 0.15) is 5.69 Å². The number of benzene rings is 1. The van der Waals surface area contributed by atoms with Crippen LogP contribution in [-0.4, -0.2) is 22.4 Å². The third-order valence-electron chi connectivity index (χ3n) is 4.26. The summed E-state index contributed by atoms with van der Waals surface area (Å²) in [5, 5.41) is 0. The van der Waals surface area contributed by atoms with Crippen molar-refractivity contribution in [2.75, 3.05) is 0 Å². The number of aryl methyl sites for hydroxylation is 2. The van der Waals surface area contributed by atoms with Crippen LogP contribution in [0.2, 0.25) is 0 Å². The van der Waals surface area contributed by atoms with Crippen molar-refractivity contribution in [3.8, 4) is 0 Å². The number of hydrogen-bond donors (Lipinski definition) is 0. The summed E-state index contributed by atoms with van der Waals surface area (Å²) in [6.45, 7) is 6.20. The van der Waals surface area contributed by atoms with Crippen LogP contribution in [0.5, 0.6) is 0 Å². The van der Waals surface area contributed by atoms with E-state index in [1.807, 2.05) is 49.6 Å². The van der Waals surface area contributed by atoms with Gasteiger partial charge in [-0.2, -0.15) is 0 Å². The third-order valence-corrected chi connectivity index (χ3v) is 4.26. The van der Waals surface area contributed by atoms with Crippen LogP contribution < -0.4 is 0 Å². The molecule has 0 amide bonds. The molecule has 1 aliphatic rings. The van der Waals surface area contributed by atoms with E-state index < -0.39 is 0 Å². The van der Waals surface area contributed by atoms with Crippen molar-refractivity contribution in [1.29, 1.82) is 0 Å². The van der Waals surface area contributed by atoms with Gasteiger partial charge in [0.05, 0.1) is 11.8 Å². The lowest BCUT2D eigenvalue weighted by Gasteiger charge is -2.17. The topological polar surface area (TPSA) is 48.3 Å². The summed E-state index contributed by atoms with van der Waals surface area (Å²) in [4.78, 5) is 25.0. The highest BCUT2D eigenvalue weighted by atomic mass is 16.5. The molecule has 4 nitrogen and oxygen atoms in total. The Hall–Kier alpha value is -2.36. The van der Waals surface area contributed by atoms with Crippen molar-refractivity contribution in [1.82, 2.24) is 4.57 Å². The number of aromatic nitrogens is 1. The van der Waals surface area contributed by atoms with Gasteiger partial charge in [0.25, 0.3) is 0 Å². The Morgan fingerprint density at radius 3 is 2.75 bits per heavy atom. The van der Waals surface area contributed by atoms with E-state index in [9.17, 15) is 9.59 Å². The zero-order valence-corrected chi connectivity index (χ0v) is 14.5. The Balaban J connectivity index is 2.05. The average Bonchev–Trinajstić information content (AvgIpc) is 2.87. The van der Waals surface area contributed by atoms with Crippen LogP contribution in [0, 0.1) is 6.92 Å². The molecule has 24 heavy (non-hydrogen) atoms. The molecule has 0 unspecified atom stereocenters. The highest BCUT2D eigenvalue weighted by Gasteiger charge is 2.28. The van der Waals surface area contributed by atoms with Crippen LogP contribution in [0.1, 0.15) is 64.4 Å². The Bertz CT molecular complexity index is 786. The molecule has 0 N–H and O–H groups in total. The molecule has 1 aromatic carbocycles. The van der Waals surface area contributed by atoms with E-state index in [0.29, 0.717) is 24.4 Å². The van der Waals surface area contributed by atoms with Gasteiger partial charge in [-0.3, -0.25) is 4.79 Å². The normalized spacial score (nSPS) is 13.9. The first-order chi connectivity index (χ1) is 11.5. The van der Waals surface area contributed by atoms with Crippen molar-refractivity contribution in [2.24, 2.45) is 0 Å². The Kier molecular flexibility index (Phi) is 4.56. The minimum absolute atomic E-state index is 0.118. The van der Waals surface area contributed by atoms with Gasteiger partial charge in [0.15, 0.2) is 5.78 Å². The first-order valence-electron chi connectivity index (χ1n) is 8.48. The van der Waals surface area contributed by atoms with Crippen LogP contribution >= 0.6 is 0 Å². The Labute approximate surface area is 142 Å². The summed E-state index contributed by atoms with van der Waals surface area (Å²) < 4.78 is 7.22. The minimum Gasteiger partial charge on any atom is -0.458 e. The lowest BCUT2D eigenvalue weighted by atomic mass is 9.97. The summed E-state index contributed by atoms with van der Waals surface area (Å²) in [6, 6.07) is 9.97. The van der Waals surface area contributed by atoms with Gasteiger partial charge in [-0.25, -0.2) is 4.79 Å². The van der Waals surface area contributed by atoms with E-state index in [-0.39, 0.29) is 17.9 Å². The maximum atomic E-state index is 12.5. The fourth-order valence-corrected chi connectivity index (χ4v) is 3.28. The smallest absolute Gasteiger partial charge is 0.355 e. The van der Waals surface area contributed by atoms with E-state index in [0.717, 1.165) is 29.5 Å². The highest BCUT2D eigenvalue weighted by Crippen LogP contribution is 2.27. The zero-order chi connectivity index (χ0) is 17.3. The van der Waals surface area contributed by atoms with E-state index in [1.165, 1.54) is 0 Å². The zero-order valence-electron chi connectivity index (χ0n) is 14.5. The first-order valence-corrected chi connectivity index (χ1v) is 8.48. The van der Waals surface area contributed by atoms with Gasteiger partial charge in [-0.05, 0) is 50.8 Å². The standard InChI is InChI=1S/C20H23NO3/c1-13(2)24-20(23)17-11-16-8-5-9-18(22)19(16)21(17)12-15-7-4-6-14(3)10-15/h4,6-7,10-11,13H,5,8-9,12H2,1-3H3. The van der Waals surface area contributed by atoms with Crippen molar-refractivity contribution >= 4 is 11.8 Å². The lowest BCUT2D eigenvalue weighted by molar-refractivity contribution is 0.0365. The molecule has 1 aliphatic carbocycles. The van der Waals surface area contributed by atoms with Gasteiger partial charge < -0.3 is 9.30 Å². The number of carbonyl (C=O) groups is 2. The minimum atomic E-state index is -0.361. The number of ketones is 1. The molecule has 4 heteroatoms. The fourth-order valence-electron chi connectivity index (χ4n) is 3.28. The van der Waals surface area contributed by atoms with Crippen molar-refractivity contribution in [3.05, 3.63) is 58.4 Å². The van der Waals surface area contributed by atoms with Crippen LogP contribution in [0.25, 0.3) is 0 Å². The molecule has 0 radical (unpaired) electrons. The summed E-state index contributed by atoms with van der Waals surface area (Å²) in [5.74, 6) is -0.243. The Morgan fingerprint density at radius 2 is 2.04 bits per heavy atom. The second kappa shape index (κ2) is 6.63. The predicted octanol–water partition coefficient (Wildman–Crippen LogP) is 3.93. The van der Waals surface area contributed by atoms with Crippen molar-refractivity contribution in [3.63, 3.8) is 0 Å². The quantitative estimate of drug-likeness (QED) is 0.800. The lowest BCUT2D eigenvalue weighted by Crippen LogP contribution is -2.20. The molecule has 2 aromatic rings. The summed E-state index contributed by atoms with van der Waals surface area (Å²) in [5.41, 5.74) is 4.36. The molecule has 0 atom stereocenters. The molecule has 3 rings (SSSR count). The molecule has 0 bridgehead atoms. The fraction of sp³-hybridized carbons (Fsp3) is 0.400. The monoisotopic (exact) mass is 325 g/mol. The number of esters is 1. The van der Waals surface area contributed by atoms with E-state index in [1.54, 1.807) is 0 Å². The van der Waals surface area contributed by atoms with Gasteiger partial charge in [0, 0.05) is 13.0 Å². The highest BCUT2D eigenvalue weighted by molar-refractivity contribution is 6.00. The molecule has 0 saturated carbocycles. The number of ether oxygens (including phenoxy) is 1. The van der Waals surface area contributed by atoms with Crippen LogP contribution in [0.3, 0.4) is 0 Å². The van der Waals surface area contributed by atoms with Crippen LogP contribution in [-0.2, 0) is 17.7 Å². The summed E-state index contributed by atoms with van der Waals surface area (Å²) in [6.07, 6.45) is 2.04. The van der Waals surface area contributed by atoms with Gasteiger partial charge in [0.2, 0.25) is 0 Å². The molecule has 1 aromatic heterocycles. The number of carbonyl (C=O) groups excluding carboxylic acids is 2. The maximum absolute atomic E-state index is 12.5. The molecule has 0 spiro atoms. The number of rotatable bonds is 4. The number of Topliss-reactive ketones (excluding diaryl/α,β-unsaturated/α-hetero) is 1. The largest absolute Gasteiger partial charge is 0.458 e. The van der Waals surface area contributed by atoms with Gasteiger partial charge >= 0.3 is 5.97 Å². The molecule has 126 valence electrons. The average molecular weight is 325 g/mol. The maximum Gasteiger partial charge on any atom is 0.355 e. The Morgan fingerprint density at radius 1 is 1.25 bits per heavy atom. The molecule has 0 aliphatic heterocycles. The molecular formula is C20H23NO3. The number of hydrogen-bond acceptors (Lipinski definition) is 3. The van der Waals surface area contributed by atoms with Crippen molar-refractivity contribution in [2.45, 2.75) is 52.7 Å². The molecule has 1 heterocycles. The first kappa shape index (κ1) is 16.5. The van der Waals surface area contributed by atoms with E-state index in [2.05, 4.69) is 6.07 Å². The van der Waals surface area contributed by atoms with E-state index in [4.69, 9.17) is 4.74 Å². The number of fused-ring (bicyclic) bond motifs is 1. The summed E-state index contributed by atoms with van der Waals surface area (Å²) in [7, 11) is 0. The van der Waals surface area contributed by atoms with Gasteiger partial charge in [-0.15, -0.1) is 0 Å². The SMILES string of the molecule is Cc1cccc(Cn2c(C(=O)OC(C)C)cc3c2C(=O)CCC3)c1.